The molecule has 0 bridgehead atoms. The minimum Gasteiger partial charge on any atom is -0.487 e. The lowest BCUT2D eigenvalue weighted by molar-refractivity contribution is 0.0696. The maximum Gasteiger partial charge on any atom is 0.335 e. The second-order valence-electron chi connectivity index (χ2n) is 6.64. The predicted octanol–water partition coefficient (Wildman–Crippen LogP) is 5.16. The third-order valence-electron chi connectivity index (χ3n) is 4.42. The summed E-state index contributed by atoms with van der Waals surface area (Å²) in [5.74, 6) is -0.822. The van der Waals surface area contributed by atoms with Gasteiger partial charge in [0.1, 0.15) is 17.9 Å². The lowest BCUT2D eigenvalue weighted by atomic mass is 10.1. The van der Waals surface area contributed by atoms with Crippen LogP contribution in [0.15, 0.2) is 82.3 Å². The van der Waals surface area contributed by atoms with Gasteiger partial charge in [0.25, 0.3) is 10.0 Å². The minimum absolute atomic E-state index is 0.0299. The van der Waals surface area contributed by atoms with Crippen molar-refractivity contribution in [3.05, 3.63) is 88.9 Å². The number of rotatable bonds is 7. The third kappa shape index (κ3) is 4.65. The summed E-state index contributed by atoms with van der Waals surface area (Å²) in [6.45, 7) is 0.0299. The van der Waals surface area contributed by atoms with Gasteiger partial charge >= 0.3 is 5.97 Å². The molecular weight excluding hydrogens is 442 g/mol. The molecule has 4 aromatic rings. The lowest BCUT2D eigenvalue weighted by Crippen LogP contribution is -2.13. The molecule has 0 aliphatic heterocycles. The zero-order chi connectivity index (χ0) is 22.0. The Hall–Kier alpha value is -3.49. The molecule has 0 saturated heterocycles. The molecule has 0 atom stereocenters. The van der Waals surface area contributed by atoms with E-state index in [4.69, 9.17) is 25.9 Å². The number of nitrogens with one attached hydrogen (secondary N) is 1. The van der Waals surface area contributed by atoms with E-state index < -0.39 is 16.0 Å². The molecule has 0 aliphatic rings. The first-order valence-corrected chi connectivity index (χ1v) is 10.9. The van der Waals surface area contributed by atoms with Crippen molar-refractivity contribution in [1.82, 2.24) is 0 Å². The third-order valence-corrected chi connectivity index (χ3v) is 5.88. The fourth-order valence-electron chi connectivity index (χ4n) is 2.95. The van der Waals surface area contributed by atoms with Crippen LogP contribution in [0.1, 0.15) is 15.9 Å². The predicted molar refractivity (Wildman–Crippen MR) is 116 cm³/mol. The van der Waals surface area contributed by atoms with Crippen LogP contribution in [0.2, 0.25) is 5.02 Å². The SMILES string of the molecule is O=C(O)c1cccc(COc2ccc(Cl)cc2NS(=O)(=O)c2cc3ccccc3o2)c1. The second kappa shape index (κ2) is 8.33. The van der Waals surface area contributed by atoms with E-state index in [2.05, 4.69) is 4.72 Å². The lowest BCUT2D eigenvalue weighted by Gasteiger charge is -2.13. The van der Waals surface area contributed by atoms with Crippen molar-refractivity contribution >= 4 is 44.3 Å². The fourth-order valence-corrected chi connectivity index (χ4v) is 4.15. The van der Waals surface area contributed by atoms with Gasteiger partial charge in [0.05, 0.1) is 11.3 Å². The number of benzene rings is 3. The summed E-state index contributed by atoms with van der Waals surface area (Å²) < 4.78 is 39.4. The number of fused-ring (bicyclic) bond motifs is 1. The van der Waals surface area contributed by atoms with Crippen LogP contribution in [-0.4, -0.2) is 19.5 Å². The van der Waals surface area contributed by atoms with Gasteiger partial charge in [-0.2, -0.15) is 8.42 Å². The van der Waals surface area contributed by atoms with E-state index in [1.807, 2.05) is 0 Å². The Labute approximate surface area is 182 Å². The Kier molecular flexibility index (Phi) is 5.58. The zero-order valence-corrected chi connectivity index (χ0v) is 17.5. The van der Waals surface area contributed by atoms with E-state index in [0.717, 1.165) is 0 Å². The maximum absolute atomic E-state index is 12.9. The number of sulfonamides is 1. The monoisotopic (exact) mass is 457 g/mol. The van der Waals surface area contributed by atoms with E-state index in [1.54, 1.807) is 42.5 Å². The average Bonchev–Trinajstić information content (AvgIpc) is 3.18. The van der Waals surface area contributed by atoms with Gasteiger partial charge in [-0.1, -0.05) is 41.9 Å². The molecule has 0 amide bonds. The van der Waals surface area contributed by atoms with Crippen molar-refractivity contribution in [2.75, 3.05) is 4.72 Å². The Morgan fingerprint density at radius 3 is 2.61 bits per heavy atom. The van der Waals surface area contributed by atoms with Gasteiger partial charge in [0, 0.05) is 16.5 Å². The van der Waals surface area contributed by atoms with Crippen LogP contribution < -0.4 is 9.46 Å². The summed E-state index contributed by atoms with van der Waals surface area (Å²) in [5, 5.41) is 9.84. The van der Waals surface area contributed by atoms with Crippen LogP contribution in [0.25, 0.3) is 11.0 Å². The van der Waals surface area contributed by atoms with Crippen molar-refractivity contribution in [3.8, 4) is 5.75 Å². The van der Waals surface area contributed by atoms with Gasteiger partial charge in [0.2, 0.25) is 5.09 Å². The van der Waals surface area contributed by atoms with Gasteiger partial charge in [-0.25, -0.2) is 4.79 Å². The molecule has 0 spiro atoms. The number of ether oxygens (including phenoxy) is 1. The molecule has 0 saturated carbocycles. The Morgan fingerprint density at radius 2 is 1.84 bits per heavy atom. The van der Waals surface area contributed by atoms with Crippen LogP contribution >= 0.6 is 11.6 Å². The summed E-state index contributed by atoms with van der Waals surface area (Å²) in [4.78, 5) is 11.1. The molecule has 31 heavy (non-hydrogen) atoms. The number of carboxylic acids is 1. The number of furan rings is 1. The Bertz CT molecular complexity index is 1350. The van der Waals surface area contributed by atoms with Crippen molar-refractivity contribution in [2.45, 2.75) is 11.7 Å². The summed E-state index contributed by atoms with van der Waals surface area (Å²) >= 11 is 6.05. The molecule has 0 aliphatic carbocycles. The fraction of sp³-hybridized carbons (Fsp3) is 0.0455. The van der Waals surface area contributed by atoms with Crippen molar-refractivity contribution in [1.29, 1.82) is 0 Å². The van der Waals surface area contributed by atoms with E-state index in [9.17, 15) is 13.2 Å². The van der Waals surface area contributed by atoms with E-state index in [1.165, 1.54) is 30.3 Å². The number of anilines is 1. The van der Waals surface area contributed by atoms with Crippen LogP contribution in [-0.2, 0) is 16.6 Å². The van der Waals surface area contributed by atoms with Crippen LogP contribution in [0.4, 0.5) is 5.69 Å². The van der Waals surface area contributed by atoms with E-state index in [-0.39, 0.29) is 28.7 Å². The molecule has 158 valence electrons. The Morgan fingerprint density at radius 1 is 1.03 bits per heavy atom. The van der Waals surface area contributed by atoms with Crippen LogP contribution in [0, 0.1) is 0 Å². The van der Waals surface area contributed by atoms with Gasteiger partial charge in [-0.15, -0.1) is 0 Å². The molecule has 9 heteroatoms. The topological polar surface area (TPSA) is 106 Å². The molecule has 2 N–H and O–H groups in total. The molecule has 1 aromatic heterocycles. The molecule has 7 nitrogen and oxygen atoms in total. The van der Waals surface area contributed by atoms with Gasteiger partial charge in [-0.05, 0) is 42.0 Å². The molecule has 0 unspecified atom stereocenters. The minimum atomic E-state index is -4.05. The standard InChI is InChI=1S/C22H16ClNO6S/c23-17-8-9-20(29-13-14-4-3-6-16(10-14)22(25)26)18(12-17)24-31(27,28)21-11-15-5-1-2-7-19(15)30-21/h1-12,24H,13H2,(H,25,26). The largest absolute Gasteiger partial charge is 0.487 e. The normalized spacial score (nSPS) is 11.4. The number of aromatic carboxylic acids is 1. The highest BCUT2D eigenvalue weighted by Crippen LogP contribution is 2.32. The first kappa shape index (κ1) is 20.8. The molecule has 0 radical (unpaired) electrons. The number of para-hydroxylation sites is 1. The first-order valence-electron chi connectivity index (χ1n) is 9.08. The van der Waals surface area contributed by atoms with E-state index in [0.29, 0.717) is 21.6 Å². The maximum atomic E-state index is 12.9. The molecule has 1 heterocycles. The molecule has 4 rings (SSSR count). The van der Waals surface area contributed by atoms with Crippen molar-refractivity contribution in [2.24, 2.45) is 0 Å². The Balaban J connectivity index is 1.59. The highest BCUT2D eigenvalue weighted by Gasteiger charge is 2.22. The molecule has 3 aromatic carbocycles. The zero-order valence-electron chi connectivity index (χ0n) is 15.9. The quantitative estimate of drug-likeness (QED) is 0.397. The summed E-state index contributed by atoms with van der Waals surface area (Å²) in [7, 11) is -4.05. The number of carboxylic acid groups (broad SMARTS) is 1. The average molecular weight is 458 g/mol. The highest BCUT2D eigenvalue weighted by molar-refractivity contribution is 7.92. The van der Waals surface area contributed by atoms with Crippen LogP contribution in [0.3, 0.4) is 0 Å². The highest BCUT2D eigenvalue weighted by atomic mass is 35.5. The number of carbonyl (C=O) groups is 1. The van der Waals surface area contributed by atoms with Crippen molar-refractivity contribution < 1.29 is 27.5 Å². The molecular formula is C22H16ClNO6S. The summed E-state index contributed by atoms with van der Waals surface area (Å²) in [6.07, 6.45) is 0. The summed E-state index contributed by atoms with van der Waals surface area (Å²) in [6, 6.07) is 19.2. The number of halogens is 1. The second-order valence-corrected chi connectivity index (χ2v) is 8.69. The van der Waals surface area contributed by atoms with Gasteiger partial charge < -0.3 is 14.3 Å². The van der Waals surface area contributed by atoms with Crippen molar-refractivity contribution in [3.63, 3.8) is 0 Å². The van der Waals surface area contributed by atoms with Gasteiger partial charge in [0.15, 0.2) is 0 Å². The van der Waals surface area contributed by atoms with Crippen LogP contribution in [0.5, 0.6) is 5.75 Å². The first-order chi connectivity index (χ1) is 14.8. The summed E-state index contributed by atoms with van der Waals surface area (Å²) in [5.41, 5.74) is 1.31. The smallest absolute Gasteiger partial charge is 0.335 e. The van der Waals surface area contributed by atoms with Gasteiger partial charge in [-0.3, -0.25) is 4.72 Å². The number of hydrogen-bond acceptors (Lipinski definition) is 5. The van der Waals surface area contributed by atoms with E-state index >= 15 is 0 Å². The number of hydrogen-bond donors (Lipinski definition) is 2. The molecule has 0 fully saturated rings.